The summed E-state index contributed by atoms with van der Waals surface area (Å²) in [5, 5.41) is 2.91. The molecule has 0 aliphatic rings. The third kappa shape index (κ3) is 2.06. The quantitative estimate of drug-likeness (QED) is 0.597. The van der Waals surface area contributed by atoms with E-state index in [4.69, 9.17) is 0 Å². The topological polar surface area (TPSA) is 56.0 Å². The van der Waals surface area contributed by atoms with Crippen LogP contribution in [0.1, 0.15) is 0 Å². The van der Waals surface area contributed by atoms with Crippen LogP contribution in [0, 0.1) is 0 Å². The molecular formula is C8H13N3O2. The molecule has 1 aromatic rings. The lowest BCUT2D eigenvalue weighted by Gasteiger charge is -2.04. The number of hydrogen-bond acceptors (Lipinski definition) is 3. The van der Waals surface area contributed by atoms with E-state index < -0.39 is 11.1 Å². The van der Waals surface area contributed by atoms with Gasteiger partial charge in [-0.3, -0.25) is 9.59 Å². The lowest BCUT2D eigenvalue weighted by Crippen LogP contribution is -2.40. The molecule has 0 aliphatic carbocycles. The molecule has 0 amide bonds. The highest BCUT2D eigenvalue weighted by Gasteiger charge is 2.00. The number of rotatable bonds is 3. The van der Waals surface area contributed by atoms with E-state index in [1.165, 1.54) is 9.13 Å². The molecule has 72 valence electrons. The first-order chi connectivity index (χ1) is 6.16. The zero-order chi connectivity index (χ0) is 9.84. The van der Waals surface area contributed by atoms with Crippen molar-refractivity contribution in [2.45, 2.75) is 6.54 Å². The van der Waals surface area contributed by atoms with Crippen LogP contribution >= 0.6 is 0 Å². The lowest BCUT2D eigenvalue weighted by atomic mass is 10.5. The van der Waals surface area contributed by atoms with Crippen molar-refractivity contribution in [3.63, 3.8) is 0 Å². The molecule has 1 rings (SSSR count). The summed E-state index contributed by atoms with van der Waals surface area (Å²) in [6.45, 7) is 1.19. The van der Waals surface area contributed by atoms with Gasteiger partial charge in [-0.15, -0.1) is 0 Å². The Bertz CT molecular complexity index is 391. The van der Waals surface area contributed by atoms with Crippen LogP contribution in [-0.4, -0.2) is 22.7 Å². The van der Waals surface area contributed by atoms with Gasteiger partial charge in [0.25, 0.3) is 0 Å². The molecule has 1 aromatic heterocycles. The van der Waals surface area contributed by atoms with Crippen molar-refractivity contribution in [3.05, 3.63) is 33.1 Å². The average Bonchev–Trinajstić information content (AvgIpc) is 2.13. The number of aryl methyl sites for hydroxylation is 1. The first-order valence-corrected chi connectivity index (χ1v) is 4.07. The molecule has 5 nitrogen and oxygen atoms in total. The van der Waals surface area contributed by atoms with Crippen LogP contribution in [0.15, 0.2) is 22.0 Å². The van der Waals surface area contributed by atoms with Crippen molar-refractivity contribution < 1.29 is 0 Å². The van der Waals surface area contributed by atoms with Crippen LogP contribution in [0.5, 0.6) is 0 Å². The zero-order valence-electron chi connectivity index (χ0n) is 7.78. The van der Waals surface area contributed by atoms with Gasteiger partial charge in [0.1, 0.15) is 0 Å². The summed E-state index contributed by atoms with van der Waals surface area (Å²) in [6, 6.07) is 0. The molecule has 1 heterocycles. The second-order valence-corrected chi connectivity index (χ2v) is 2.82. The summed E-state index contributed by atoms with van der Waals surface area (Å²) in [5.74, 6) is 0. The highest BCUT2D eigenvalue weighted by molar-refractivity contribution is 4.84. The molecule has 0 radical (unpaired) electrons. The highest BCUT2D eigenvalue weighted by Crippen LogP contribution is 1.76. The molecule has 13 heavy (non-hydrogen) atoms. The summed E-state index contributed by atoms with van der Waals surface area (Å²) < 4.78 is 2.68. The Labute approximate surface area is 75.6 Å². The Balaban J connectivity index is 3.05. The summed E-state index contributed by atoms with van der Waals surface area (Å²) >= 11 is 0. The smallest absolute Gasteiger partial charge is 0.316 e. The molecule has 0 spiro atoms. The Morgan fingerprint density at radius 3 is 2.62 bits per heavy atom. The lowest BCUT2D eigenvalue weighted by molar-refractivity contribution is 0.604. The van der Waals surface area contributed by atoms with Gasteiger partial charge in [-0.25, -0.2) is 0 Å². The van der Waals surface area contributed by atoms with Crippen molar-refractivity contribution in [1.29, 1.82) is 0 Å². The van der Waals surface area contributed by atoms with Crippen molar-refractivity contribution in [3.8, 4) is 0 Å². The Morgan fingerprint density at radius 1 is 1.31 bits per heavy atom. The van der Waals surface area contributed by atoms with Gasteiger partial charge in [0.05, 0.1) is 0 Å². The molecular weight excluding hydrogens is 170 g/mol. The maximum atomic E-state index is 11.3. The van der Waals surface area contributed by atoms with E-state index in [1.807, 2.05) is 0 Å². The van der Waals surface area contributed by atoms with Gasteiger partial charge in [0, 0.05) is 32.5 Å². The Hall–Kier alpha value is -1.36. The summed E-state index contributed by atoms with van der Waals surface area (Å²) in [4.78, 5) is 22.5. The summed E-state index contributed by atoms with van der Waals surface area (Å²) in [5.41, 5.74) is -0.959. The summed E-state index contributed by atoms with van der Waals surface area (Å²) in [6.07, 6.45) is 3.19. The molecule has 0 atom stereocenters. The Kier molecular flexibility index (Phi) is 3.02. The van der Waals surface area contributed by atoms with E-state index >= 15 is 0 Å². The molecule has 1 N–H and O–H groups in total. The van der Waals surface area contributed by atoms with E-state index in [0.717, 1.165) is 0 Å². The van der Waals surface area contributed by atoms with Crippen molar-refractivity contribution >= 4 is 0 Å². The van der Waals surface area contributed by atoms with Gasteiger partial charge in [-0.2, -0.15) is 0 Å². The first-order valence-electron chi connectivity index (χ1n) is 4.07. The van der Waals surface area contributed by atoms with Crippen LogP contribution < -0.4 is 16.4 Å². The van der Waals surface area contributed by atoms with Crippen LogP contribution in [-0.2, 0) is 13.6 Å². The van der Waals surface area contributed by atoms with Crippen molar-refractivity contribution in [2.24, 2.45) is 7.05 Å². The van der Waals surface area contributed by atoms with Gasteiger partial charge in [0.2, 0.25) is 0 Å². The molecule has 0 bridgehead atoms. The normalized spacial score (nSPS) is 10.3. The zero-order valence-corrected chi connectivity index (χ0v) is 7.78. The third-order valence-electron chi connectivity index (χ3n) is 1.84. The minimum absolute atomic E-state index is 0.472. The molecule has 0 aliphatic heterocycles. The van der Waals surface area contributed by atoms with Crippen molar-refractivity contribution in [1.82, 2.24) is 14.5 Å². The third-order valence-corrected chi connectivity index (χ3v) is 1.84. The fourth-order valence-electron chi connectivity index (χ4n) is 0.998. The SMILES string of the molecule is CNCCn1ccn(C)c(=O)c1=O. The fourth-order valence-corrected chi connectivity index (χ4v) is 0.998. The monoisotopic (exact) mass is 183 g/mol. The van der Waals surface area contributed by atoms with E-state index in [2.05, 4.69) is 5.32 Å². The fraction of sp³-hybridized carbons (Fsp3) is 0.500. The first kappa shape index (κ1) is 9.73. The minimum Gasteiger partial charge on any atom is -0.318 e. The van der Waals surface area contributed by atoms with Gasteiger partial charge in [-0.05, 0) is 7.05 Å². The van der Waals surface area contributed by atoms with E-state index in [-0.39, 0.29) is 0 Å². The van der Waals surface area contributed by atoms with E-state index in [9.17, 15) is 9.59 Å². The van der Waals surface area contributed by atoms with Gasteiger partial charge < -0.3 is 14.5 Å². The average molecular weight is 183 g/mol. The van der Waals surface area contributed by atoms with Crippen molar-refractivity contribution in [2.75, 3.05) is 13.6 Å². The van der Waals surface area contributed by atoms with E-state index in [0.29, 0.717) is 13.1 Å². The Morgan fingerprint density at radius 2 is 2.00 bits per heavy atom. The molecule has 0 saturated carbocycles. The predicted octanol–water partition coefficient (Wildman–Crippen LogP) is -1.23. The van der Waals surface area contributed by atoms with Crippen LogP contribution in [0.3, 0.4) is 0 Å². The number of aromatic nitrogens is 2. The van der Waals surface area contributed by atoms with Crippen LogP contribution in [0.25, 0.3) is 0 Å². The van der Waals surface area contributed by atoms with Gasteiger partial charge in [-0.1, -0.05) is 0 Å². The van der Waals surface area contributed by atoms with E-state index in [1.54, 1.807) is 26.5 Å². The second-order valence-electron chi connectivity index (χ2n) is 2.82. The molecule has 0 aromatic carbocycles. The number of likely N-dealkylation sites (N-methyl/N-ethyl adjacent to an activating group) is 1. The molecule has 0 fully saturated rings. The predicted molar refractivity (Wildman–Crippen MR) is 49.9 cm³/mol. The van der Waals surface area contributed by atoms with Gasteiger partial charge in [0.15, 0.2) is 0 Å². The number of nitrogens with one attached hydrogen (secondary N) is 1. The number of hydrogen-bond donors (Lipinski definition) is 1. The molecule has 5 heteroatoms. The maximum absolute atomic E-state index is 11.3. The van der Waals surface area contributed by atoms with Crippen LogP contribution in [0.2, 0.25) is 0 Å². The molecule has 0 saturated heterocycles. The standard InChI is InChI=1S/C8H13N3O2/c1-9-3-4-11-6-5-10(2)7(12)8(11)13/h5-6,9H,3-4H2,1-2H3. The van der Waals surface area contributed by atoms with Crippen LogP contribution in [0.4, 0.5) is 0 Å². The molecule has 0 unspecified atom stereocenters. The number of nitrogens with zero attached hydrogens (tertiary/aromatic N) is 2. The maximum Gasteiger partial charge on any atom is 0.316 e. The summed E-state index contributed by atoms with van der Waals surface area (Å²) in [7, 11) is 3.36. The highest BCUT2D eigenvalue weighted by atomic mass is 16.2. The largest absolute Gasteiger partial charge is 0.318 e. The van der Waals surface area contributed by atoms with Gasteiger partial charge >= 0.3 is 11.1 Å². The second kappa shape index (κ2) is 4.04. The minimum atomic E-state index is -0.487.